The van der Waals surface area contributed by atoms with Gasteiger partial charge in [0.05, 0.1) is 10.5 Å². The number of hydrogen-bond donors (Lipinski definition) is 1. The largest absolute Gasteiger partial charge is 0.344 e. The average Bonchev–Trinajstić information content (AvgIpc) is 2.96. The fourth-order valence-electron chi connectivity index (χ4n) is 2.30. The lowest BCUT2D eigenvalue weighted by Crippen LogP contribution is -2.28. The molecule has 2 aromatic heterocycles. The molecular weight excluding hydrogens is 344 g/mol. The van der Waals surface area contributed by atoms with Crippen LogP contribution in [-0.4, -0.2) is 20.5 Å². The predicted molar refractivity (Wildman–Crippen MR) is 87.6 cm³/mol. The normalized spacial score (nSPS) is 12.3. The number of rotatable bonds is 4. The van der Waals surface area contributed by atoms with Gasteiger partial charge in [-0.25, -0.2) is 9.50 Å². The smallest absolute Gasteiger partial charge is 0.272 e. The molecule has 112 valence electrons. The fraction of sp³-hybridized carbons (Fsp3) is 0.188. The molecule has 0 aliphatic carbocycles. The number of carbonyl (C=O) groups is 1. The van der Waals surface area contributed by atoms with Crippen LogP contribution in [0.15, 0.2) is 53.3 Å². The van der Waals surface area contributed by atoms with Crippen molar-refractivity contribution in [2.45, 2.75) is 19.4 Å². The molecule has 3 rings (SSSR count). The Hall–Kier alpha value is -2.21. The van der Waals surface area contributed by atoms with Crippen LogP contribution in [-0.2, 0) is 0 Å². The maximum atomic E-state index is 12.4. The predicted octanol–water partition coefficient (Wildman–Crippen LogP) is 3.37. The highest BCUT2D eigenvalue weighted by Gasteiger charge is 2.16. The molecule has 0 radical (unpaired) electrons. The summed E-state index contributed by atoms with van der Waals surface area (Å²) < 4.78 is 2.40. The second-order valence-corrected chi connectivity index (χ2v) is 5.87. The van der Waals surface area contributed by atoms with Crippen LogP contribution < -0.4 is 5.32 Å². The van der Waals surface area contributed by atoms with Crippen LogP contribution in [0.1, 0.15) is 35.4 Å². The minimum absolute atomic E-state index is 0.0294. The first kappa shape index (κ1) is 14.7. The fourth-order valence-corrected chi connectivity index (χ4v) is 2.60. The molecule has 1 N–H and O–H groups in total. The van der Waals surface area contributed by atoms with Gasteiger partial charge in [0.15, 0.2) is 11.3 Å². The van der Waals surface area contributed by atoms with Gasteiger partial charge in [0, 0.05) is 18.5 Å². The van der Waals surface area contributed by atoms with Crippen LogP contribution in [0.5, 0.6) is 0 Å². The summed E-state index contributed by atoms with van der Waals surface area (Å²) in [4.78, 5) is 16.6. The van der Waals surface area contributed by atoms with Crippen molar-refractivity contribution >= 4 is 27.5 Å². The van der Waals surface area contributed by atoms with E-state index < -0.39 is 0 Å². The minimum atomic E-state index is -0.197. The van der Waals surface area contributed by atoms with Crippen LogP contribution in [0, 0.1) is 0 Å². The van der Waals surface area contributed by atoms with Gasteiger partial charge >= 0.3 is 0 Å². The molecule has 0 saturated carbocycles. The van der Waals surface area contributed by atoms with E-state index in [1.54, 1.807) is 23.0 Å². The molecule has 0 aliphatic heterocycles. The van der Waals surface area contributed by atoms with Crippen molar-refractivity contribution in [1.29, 1.82) is 0 Å². The number of hydrogen-bond acceptors (Lipinski definition) is 3. The highest BCUT2D eigenvalue weighted by molar-refractivity contribution is 9.10. The Balaban J connectivity index is 1.83. The van der Waals surface area contributed by atoms with Crippen LogP contribution in [0.2, 0.25) is 0 Å². The summed E-state index contributed by atoms with van der Waals surface area (Å²) in [5.74, 6) is -0.197. The van der Waals surface area contributed by atoms with E-state index >= 15 is 0 Å². The molecule has 3 aromatic rings. The van der Waals surface area contributed by atoms with Gasteiger partial charge in [0.1, 0.15) is 0 Å². The summed E-state index contributed by atoms with van der Waals surface area (Å²) in [7, 11) is 0. The van der Waals surface area contributed by atoms with Gasteiger partial charge in [-0.15, -0.1) is 0 Å². The van der Waals surface area contributed by atoms with Crippen molar-refractivity contribution < 1.29 is 4.79 Å². The number of amides is 1. The number of nitrogens with zero attached hydrogens (tertiary/aromatic N) is 3. The van der Waals surface area contributed by atoms with E-state index in [1.807, 2.05) is 37.3 Å². The maximum Gasteiger partial charge on any atom is 0.272 e. The SMILES string of the molecule is CCC(NC(=O)c1cc2ncc(Br)cn2n1)c1ccccc1. The van der Waals surface area contributed by atoms with Gasteiger partial charge in [0.2, 0.25) is 0 Å². The van der Waals surface area contributed by atoms with Crippen molar-refractivity contribution in [1.82, 2.24) is 19.9 Å². The van der Waals surface area contributed by atoms with Crippen molar-refractivity contribution in [3.8, 4) is 0 Å². The van der Waals surface area contributed by atoms with Crippen LogP contribution in [0.3, 0.4) is 0 Å². The number of carbonyl (C=O) groups excluding carboxylic acids is 1. The van der Waals surface area contributed by atoms with Gasteiger partial charge in [-0.3, -0.25) is 4.79 Å². The monoisotopic (exact) mass is 358 g/mol. The van der Waals surface area contributed by atoms with E-state index in [4.69, 9.17) is 0 Å². The molecule has 0 saturated heterocycles. The van der Waals surface area contributed by atoms with E-state index in [1.165, 1.54) is 0 Å². The Labute approximate surface area is 136 Å². The average molecular weight is 359 g/mol. The lowest BCUT2D eigenvalue weighted by atomic mass is 10.0. The summed E-state index contributed by atoms with van der Waals surface area (Å²) in [6, 6.07) is 11.6. The molecule has 0 aliphatic rings. The van der Waals surface area contributed by atoms with E-state index in [-0.39, 0.29) is 11.9 Å². The molecule has 0 fully saturated rings. The first-order valence-corrected chi connectivity index (χ1v) is 7.83. The summed E-state index contributed by atoms with van der Waals surface area (Å²) in [5, 5.41) is 7.29. The Kier molecular flexibility index (Phi) is 4.20. The molecule has 1 aromatic carbocycles. The summed E-state index contributed by atoms with van der Waals surface area (Å²) in [5.41, 5.74) is 2.09. The summed E-state index contributed by atoms with van der Waals surface area (Å²) in [6.07, 6.45) is 4.26. The zero-order valence-corrected chi connectivity index (χ0v) is 13.6. The topological polar surface area (TPSA) is 59.3 Å². The second-order valence-electron chi connectivity index (χ2n) is 4.95. The van der Waals surface area contributed by atoms with Gasteiger partial charge in [-0.1, -0.05) is 37.3 Å². The summed E-state index contributed by atoms with van der Waals surface area (Å²) in [6.45, 7) is 2.04. The third-order valence-electron chi connectivity index (χ3n) is 3.43. The standard InChI is InChI=1S/C16H15BrN4O/c1-2-13(11-6-4-3-5-7-11)19-16(22)14-8-15-18-9-12(17)10-21(15)20-14/h3-10,13H,2H2,1H3,(H,19,22). The third-order valence-corrected chi connectivity index (χ3v) is 3.84. The van der Waals surface area contributed by atoms with Crippen molar-refractivity contribution in [3.05, 3.63) is 64.5 Å². The Morgan fingerprint density at radius 3 is 2.86 bits per heavy atom. The minimum Gasteiger partial charge on any atom is -0.344 e. The van der Waals surface area contributed by atoms with E-state index in [0.29, 0.717) is 11.3 Å². The van der Waals surface area contributed by atoms with E-state index in [2.05, 4.69) is 31.3 Å². The van der Waals surface area contributed by atoms with Crippen LogP contribution in [0.4, 0.5) is 0 Å². The number of halogens is 1. The third kappa shape index (κ3) is 3.01. The second kappa shape index (κ2) is 6.27. The lowest BCUT2D eigenvalue weighted by molar-refractivity contribution is 0.0930. The maximum absolute atomic E-state index is 12.4. The van der Waals surface area contributed by atoms with Gasteiger partial charge in [-0.2, -0.15) is 5.10 Å². The number of nitrogens with one attached hydrogen (secondary N) is 1. The molecule has 0 bridgehead atoms. The highest BCUT2D eigenvalue weighted by atomic mass is 79.9. The molecule has 22 heavy (non-hydrogen) atoms. The van der Waals surface area contributed by atoms with Crippen molar-refractivity contribution in [2.24, 2.45) is 0 Å². The number of fused-ring (bicyclic) bond motifs is 1. The molecule has 5 nitrogen and oxygen atoms in total. The number of aromatic nitrogens is 3. The molecule has 1 unspecified atom stereocenters. The highest BCUT2D eigenvalue weighted by Crippen LogP contribution is 2.17. The number of benzene rings is 1. The zero-order chi connectivity index (χ0) is 15.5. The Morgan fingerprint density at radius 2 is 2.14 bits per heavy atom. The van der Waals surface area contributed by atoms with Gasteiger partial charge < -0.3 is 5.32 Å². The quantitative estimate of drug-likeness (QED) is 0.777. The molecule has 0 spiro atoms. The zero-order valence-electron chi connectivity index (χ0n) is 12.0. The molecular formula is C16H15BrN4O. The van der Waals surface area contributed by atoms with Crippen molar-refractivity contribution in [2.75, 3.05) is 0 Å². The van der Waals surface area contributed by atoms with Gasteiger partial charge in [0.25, 0.3) is 5.91 Å². The summed E-state index contributed by atoms with van der Waals surface area (Å²) >= 11 is 3.34. The Bertz CT molecular complexity index is 800. The molecule has 2 heterocycles. The Morgan fingerprint density at radius 1 is 1.36 bits per heavy atom. The van der Waals surface area contributed by atoms with Crippen molar-refractivity contribution in [3.63, 3.8) is 0 Å². The molecule has 1 atom stereocenters. The molecule has 1 amide bonds. The first-order valence-electron chi connectivity index (χ1n) is 7.04. The van der Waals surface area contributed by atoms with Crippen LogP contribution in [0.25, 0.3) is 5.65 Å². The first-order chi connectivity index (χ1) is 10.7. The lowest BCUT2D eigenvalue weighted by Gasteiger charge is -2.16. The van der Waals surface area contributed by atoms with E-state index in [9.17, 15) is 4.79 Å². The molecule has 6 heteroatoms. The van der Waals surface area contributed by atoms with Crippen LogP contribution >= 0.6 is 15.9 Å². The van der Waals surface area contributed by atoms with E-state index in [0.717, 1.165) is 16.5 Å². The van der Waals surface area contributed by atoms with Gasteiger partial charge in [-0.05, 0) is 27.9 Å².